The molecule has 3 aromatic rings. The van der Waals surface area contributed by atoms with E-state index in [0.29, 0.717) is 25.1 Å². The zero-order valence-electron chi connectivity index (χ0n) is 17.1. The summed E-state index contributed by atoms with van der Waals surface area (Å²) in [7, 11) is 0. The van der Waals surface area contributed by atoms with Crippen LogP contribution in [-0.4, -0.2) is 22.0 Å². The van der Waals surface area contributed by atoms with E-state index in [1.165, 1.54) is 0 Å². The topological polar surface area (TPSA) is 101 Å². The highest BCUT2D eigenvalue weighted by atomic mass is 16.5. The van der Waals surface area contributed by atoms with Gasteiger partial charge in [0, 0.05) is 23.2 Å². The number of hydrogen-bond donors (Lipinski definition) is 3. The van der Waals surface area contributed by atoms with Crippen LogP contribution in [0.25, 0.3) is 10.9 Å². The van der Waals surface area contributed by atoms with Gasteiger partial charge < -0.3 is 10.1 Å². The summed E-state index contributed by atoms with van der Waals surface area (Å²) in [4.78, 5) is 28.9. The largest absolute Gasteiger partial charge is 0.488 e. The lowest BCUT2D eigenvalue weighted by molar-refractivity contribution is -0.140. The minimum absolute atomic E-state index is 0.194. The number of ether oxygens (including phenoxy) is 1. The first kappa shape index (κ1) is 20.8. The van der Waals surface area contributed by atoms with Crippen LogP contribution in [0.15, 0.2) is 60.8 Å². The molecule has 4 rings (SSSR count). The van der Waals surface area contributed by atoms with E-state index in [1.807, 2.05) is 54.6 Å². The Morgan fingerprint density at radius 2 is 1.71 bits per heavy atom. The minimum Gasteiger partial charge on any atom is -0.488 e. The molecule has 2 aromatic carbocycles. The second kappa shape index (κ2) is 9.57. The summed E-state index contributed by atoms with van der Waals surface area (Å²) >= 11 is 0. The molecule has 1 aliphatic rings. The quantitative estimate of drug-likeness (QED) is 0.413. The number of carbonyl (C=O) groups excluding carboxylic acids is 2. The first-order valence-corrected chi connectivity index (χ1v) is 10.5. The molecule has 31 heavy (non-hydrogen) atoms. The predicted molar refractivity (Wildman–Crippen MR) is 117 cm³/mol. The summed E-state index contributed by atoms with van der Waals surface area (Å²) < 4.78 is 5.98. The molecule has 1 aromatic heterocycles. The molecule has 1 saturated carbocycles. The standard InChI is InChI=1S/C24H25N3O4/c28-23(18-5-1-2-6-19(18)24(29)27-30)26-17-12-10-16(11-13-17)15-31-22-9-3-8-21-20(22)7-4-14-25-21/h3-4,7-14,18-19,30H,1-2,5-6,15H2,(H,26,28)(H,27,29)/t18-,19-/m1/s1. The van der Waals surface area contributed by atoms with E-state index >= 15 is 0 Å². The fraction of sp³-hybridized carbons (Fsp3) is 0.292. The van der Waals surface area contributed by atoms with Crippen molar-refractivity contribution in [1.29, 1.82) is 0 Å². The Morgan fingerprint density at radius 1 is 0.968 bits per heavy atom. The lowest BCUT2D eigenvalue weighted by Crippen LogP contribution is -2.40. The van der Waals surface area contributed by atoms with E-state index < -0.39 is 17.7 Å². The third-order valence-corrected chi connectivity index (χ3v) is 5.77. The molecule has 1 aliphatic carbocycles. The van der Waals surface area contributed by atoms with Gasteiger partial charge in [-0.15, -0.1) is 0 Å². The van der Waals surface area contributed by atoms with E-state index in [0.717, 1.165) is 35.1 Å². The van der Waals surface area contributed by atoms with E-state index in [-0.39, 0.29) is 5.91 Å². The number of amides is 2. The molecule has 0 radical (unpaired) electrons. The number of hydroxylamine groups is 1. The molecule has 0 aliphatic heterocycles. The summed E-state index contributed by atoms with van der Waals surface area (Å²) in [6, 6.07) is 17.1. The van der Waals surface area contributed by atoms with Gasteiger partial charge in [-0.1, -0.05) is 31.0 Å². The van der Waals surface area contributed by atoms with Crippen LogP contribution in [0.3, 0.4) is 0 Å². The Bertz CT molecular complexity index is 1060. The SMILES string of the molecule is O=C(NO)[C@@H]1CCCC[C@H]1C(=O)Nc1ccc(COc2cccc3ncccc23)cc1. The van der Waals surface area contributed by atoms with Crippen molar-refractivity contribution in [3.63, 3.8) is 0 Å². The minimum atomic E-state index is -0.499. The molecule has 3 N–H and O–H groups in total. The molecule has 1 fully saturated rings. The van der Waals surface area contributed by atoms with Crippen LogP contribution in [0.5, 0.6) is 5.75 Å². The van der Waals surface area contributed by atoms with Crippen molar-refractivity contribution in [2.24, 2.45) is 11.8 Å². The fourth-order valence-corrected chi connectivity index (χ4v) is 4.12. The second-order valence-electron chi connectivity index (χ2n) is 7.77. The van der Waals surface area contributed by atoms with Gasteiger partial charge in [0.2, 0.25) is 11.8 Å². The first-order chi connectivity index (χ1) is 15.2. The number of aromatic nitrogens is 1. The third kappa shape index (κ3) is 4.83. The van der Waals surface area contributed by atoms with Gasteiger partial charge in [-0.3, -0.25) is 19.8 Å². The normalized spacial score (nSPS) is 18.4. The summed E-state index contributed by atoms with van der Waals surface area (Å²) in [5, 5.41) is 12.8. The highest BCUT2D eigenvalue weighted by Gasteiger charge is 2.35. The molecule has 2 amide bonds. The summed E-state index contributed by atoms with van der Waals surface area (Å²) in [5.41, 5.74) is 4.21. The third-order valence-electron chi connectivity index (χ3n) is 5.77. The first-order valence-electron chi connectivity index (χ1n) is 10.5. The Balaban J connectivity index is 1.38. The number of anilines is 1. The van der Waals surface area contributed by atoms with Gasteiger partial charge in [0.25, 0.3) is 0 Å². The van der Waals surface area contributed by atoms with Gasteiger partial charge in [0.15, 0.2) is 0 Å². The molecular weight excluding hydrogens is 394 g/mol. The number of hydrogen-bond acceptors (Lipinski definition) is 5. The number of nitrogens with one attached hydrogen (secondary N) is 2. The number of nitrogens with zero attached hydrogens (tertiary/aromatic N) is 1. The Labute approximate surface area is 180 Å². The van der Waals surface area contributed by atoms with E-state index in [1.54, 1.807) is 11.7 Å². The zero-order valence-corrected chi connectivity index (χ0v) is 17.1. The van der Waals surface area contributed by atoms with Gasteiger partial charge in [0.05, 0.1) is 11.4 Å². The Hall–Kier alpha value is -3.45. The van der Waals surface area contributed by atoms with Crippen LogP contribution in [0, 0.1) is 11.8 Å². The molecule has 0 bridgehead atoms. The smallest absolute Gasteiger partial charge is 0.247 e. The summed E-state index contributed by atoms with van der Waals surface area (Å²) in [6.45, 7) is 0.392. The van der Waals surface area contributed by atoms with Crippen molar-refractivity contribution in [3.05, 3.63) is 66.4 Å². The number of benzene rings is 2. The number of rotatable bonds is 6. The van der Waals surface area contributed by atoms with Crippen molar-refractivity contribution in [2.75, 3.05) is 5.32 Å². The van der Waals surface area contributed by atoms with Crippen molar-refractivity contribution in [3.8, 4) is 5.75 Å². The summed E-state index contributed by atoms with van der Waals surface area (Å²) in [6.07, 6.45) is 4.77. The van der Waals surface area contributed by atoms with Crippen LogP contribution >= 0.6 is 0 Å². The van der Waals surface area contributed by atoms with E-state index in [9.17, 15) is 9.59 Å². The van der Waals surface area contributed by atoms with Gasteiger partial charge in [0.1, 0.15) is 12.4 Å². The van der Waals surface area contributed by atoms with Gasteiger partial charge >= 0.3 is 0 Å². The van der Waals surface area contributed by atoms with Gasteiger partial charge in [-0.2, -0.15) is 0 Å². The molecule has 0 saturated heterocycles. The molecule has 160 valence electrons. The van der Waals surface area contributed by atoms with Crippen molar-refractivity contribution in [1.82, 2.24) is 10.5 Å². The van der Waals surface area contributed by atoms with Crippen molar-refractivity contribution < 1.29 is 19.5 Å². The zero-order chi connectivity index (χ0) is 21.6. The molecular formula is C24H25N3O4. The van der Waals surface area contributed by atoms with E-state index in [2.05, 4.69) is 10.3 Å². The van der Waals surface area contributed by atoms with Crippen LogP contribution < -0.4 is 15.5 Å². The van der Waals surface area contributed by atoms with Crippen LogP contribution in [-0.2, 0) is 16.2 Å². The van der Waals surface area contributed by atoms with Crippen molar-refractivity contribution in [2.45, 2.75) is 32.3 Å². The molecule has 1 heterocycles. The van der Waals surface area contributed by atoms with Crippen LogP contribution in [0.4, 0.5) is 5.69 Å². The molecule has 7 nitrogen and oxygen atoms in total. The maximum atomic E-state index is 12.7. The fourth-order valence-electron chi connectivity index (χ4n) is 4.12. The van der Waals surface area contributed by atoms with E-state index in [4.69, 9.17) is 9.94 Å². The average molecular weight is 419 g/mol. The molecule has 2 atom stereocenters. The number of fused-ring (bicyclic) bond motifs is 1. The molecule has 0 unspecified atom stereocenters. The lowest BCUT2D eigenvalue weighted by Gasteiger charge is -2.28. The monoisotopic (exact) mass is 419 g/mol. The lowest BCUT2D eigenvalue weighted by atomic mass is 9.78. The van der Waals surface area contributed by atoms with Crippen molar-refractivity contribution >= 4 is 28.4 Å². The second-order valence-corrected chi connectivity index (χ2v) is 7.77. The highest BCUT2D eigenvalue weighted by molar-refractivity contribution is 5.96. The molecule has 0 spiro atoms. The van der Waals surface area contributed by atoms with Crippen LogP contribution in [0.2, 0.25) is 0 Å². The Kier molecular flexibility index (Phi) is 6.43. The maximum Gasteiger partial charge on any atom is 0.247 e. The maximum absolute atomic E-state index is 12.7. The van der Waals surface area contributed by atoms with Gasteiger partial charge in [-0.05, 0) is 54.8 Å². The number of carbonyl (C=O) groups is 2. The van der Waals surface area contributed by atoms with Crippen LogP contribution in [0.1, 0.15) is 31.2 Å². The molecule has 7 heteroatoms. The predicted octanol–water partition coefficient (Wildman–Crippen LogP) is 4.06. The van der Waals surface area contributed by atoms with Gasteiger partial charge in [-0.25, -0.2) is 5.48 Å². The summed E-state index contributed by atoms with van der Waals surface area (Å²) in [5.74, 6) is -0.851. The number of pyridine rings is 1. The average Bonchev–Trinajstić information content (AvgIpc) is 2.83. The Morgan fingerprint density at radius 3 is 2.45 bits per heavy atom. The highest BCUT2D eigenvalue weighted by Crippen LogP contribution is 2.31.